The molecule has 0 aromatic heterocycles. The third-order valence-corrected chi connectivity index (χ3v) is 2.22. The molecule has 0 N–H and O–H groups in total. The van der Waals surface area contributed by atoms with Gasteiger partial charge >= 0.3 is 0 Å². The molecule has 1 radical (unpaired) electrons. The Labute approximate surface area is 91.1 Å². The van der Waals surface area contributed by atoms with Crippen LogP contribution in [0.5, 0.6) is 0 Å². The second-order valence-electron chi connectivity index (χ2n) is 3.04. The number of benzene rings is 2. The summed E-state index contributed by atoms with van der Waals surface area (Å²) in [5, 5.41) is 0.465. The van der Waals surface area contributed by atoms with Crippen molar-refractivity contribution in [2.24, 2.45) is 0 Å². The molecule has 0 unspecified atom stereocenters. The fourth-order valence-electron chi connectivity index (χ4n) is 1.30. The van der Waals surface area contributed by atoms with E-state index in [0.29, 0.717) is 10.6 Å². The van der Waals surface area contributed by atoms with E-state index in [0.717, 1.165) is 18.2 Å². The first-order valence-electron chi connectivity index (χ1n) is 4.29. The van der Waals surface area contributed by atoms with Gasteiger partial charge < -0.3 is 0 Å². The number of halogens is 3. The van der Waals surface area contributed by atoms with Crippen LogP contribution >= 0.6 is 11.6 Å². The molecule has 2 aromatic rings. The first-order chi connectivity index (χ1) is 7.16. The van der Waals surface area contributed by atoms with Crippen molar-refractivity contribution in [3.05, 3.63) is 59.1 Å². The van der Waals surface area contributed by atoms with Gasteiger partial charge in [0.05, 0.1) is 0 Å². The smallest absolute Gasteiger partial charge is 0.131 e. The van der Waals surface area contributed by atoms with Gasteiger partial charge in [0.1, 0.15) is 11.6 Å². The minimum atomic E-state index is -0.491. The molecule has 75 valence electrons. The summed E-state index contributed by atoms with van der Waals surface area (Å²) in [6, 6.07) is 10.8. The standard InChI is InChI=1S/C12H6ClF2/c13-9-3-1-2-8(6-9)11-7-10(14)4-5-12(11)15/h1,3-7H. The van der Waals surface area contributed by atoms with E-state index >= 15 is 0 Å². The van der Waals surface area contributed by atoms with Crippen LogP contribution in [-0.4, -0.2) is 0 Å². The average Bonchev–Trinajstić information content (AvgIpc) is 2.22. The van der Waals surface area contributed by atoms with Crippen LogP contribution in [0.1, 0.15) is 0 Å². The maximum absolute atomic E-state index is 13.4. The SMILES string of the molecule is Fc1ccc(F)c(-c2[c]ccc(Cl)c2)c1. The highest BCUT2D eigenvalue weighted by atomic mass is 35.5. The summed E-state index contributed by atoms with van der Waals surface area (Å²) >= 11 is 5.75. The molecule has 0 bridgehead atoms. The van der Waals surface area contributed by atoms with Gasteiger partial charge in [0, 0.05) is 10.6 Å². The Hall–Kier alpha value is -1.41. The lowest BCUT2D eigenvalue weighted by molar-refractivity contribution is 0.603. The molecule has 0 amide bonds. The average molecular weight is 224 g/mol. The summed E-state index contributed by atoms with van der Waals surface area (Å²) in [6.45, 7) is 0. The van der Waals surface area contributed by atoms with E-state index in [1.165, 1.54) is 0 Å². The highest BCUT2D eigenvalue weighted by Crippen LogP contribution is 2.25. The maximum Gasteiger partial charge on any atom is 0.131 e. The topological polar surface area (TPSA) is 0 Å². The molecule has 0 fully saturated rings. The lowest BCUT2D eigenvalue weighted by Crippen LogP contribution is -1.86. The Kier molecular flexibility index (Phi) is 2.69. The molecule has 0 saturated carbocycles. The summed E-state index contributed by atoms with van der Waals surface area (Å²) in [5.74, 6) is -0.977. The molecule has 0 atom stereocenters. The molecule has 0 saturated heterocycles. The van der Waals surface area contributed by atoms with Gasteiger partial charge in [-0.15, -0.1) is 0 Å². The summed E-state index contributed by atoms with van der Waals surface area (Å²) < 4.78 is 26.3. The Balaban J connectivity index is 2.58. The van der Waals surface area contributed by atoms with E-state index in [2.05, 4.69) is 6.07 Å². The van der Waals surface area contributed by atoms with Crippen molar-refractivity contribution in [2.75, 3.05) is 0 Å². The molecule has 0 aliphatic rings. The summed E-state index contributed by atoms with van der Waals surface area (Å²) in [5.41, 5.74) is 0.608. The number of hydrogen-bond donors (Lipinski definition) is 0. The lowest BCUT2D eigenvalue weighted by Gasteiger charge is -2.03. The molecule has 3 heteroatoms. The molecular formula is C12H6ClF2. The van der Waals surface area contributed by atoms with Crippen LogP contribution in [0, 0.1) is 17.7 Å². The van der Waals surface area contributed by atoms with E-state index in [9.17, 15) is 8.78 Å². The largest absolute Gasteiger partial charge is 0.207 e. The van der Waals surface area contributed by atoms with Crippen LogP contribution in [0.4, 0.5) is 8.78 Å². The van der Waals surface area contributed by atoms with Crippen LogP contribution in [0.2, 0.25) is 5.02 Å². The molecule has 2 rings (SSSR count). The summed E-state index contributed by atoms with van der Waals surface area (Å²) in [6.07, 6.45) is 0. The van der Waals surface area contributed by atoms with Crippen LogP contribution < -0.4 is 0 Å². The van der Waals surface area contributed by atoms with Crippen molar-refractivity contribution in [1.82, 2.24) is 0 Å². The Morgan fingerprint density at radius 1 is 1.07 bits per heavy atom. The van der Waals surface area contributed by atoms with Crippen LogP contribution in [0.15, 0.2) is 36.4 Å². The normalized spacial score (nSPS) is 10.3. The predicted molar refractivity (Wildman–Crippen MR) is 55.6 cm³/mol. The predicted octanol–water partition coefficient (Wildman–Crippen LogP) is 4.09. The van der Waals surface area contributed by atoms with Crippen molar-refractivity contribution < 1.29 is 8.78 Å². The molecule has 0 aliphatic heterocycles. The molecular weight excluding hydrogens is 218 g/mol. The molecule has 0 nitrogen and oxygen atoms in total. The third-order valence-electron chi connectivity index (χ3n) is 1.98. The molecule has 0 aliphatic carbocycles. The van der Waals surface area contributed by atoms with Crippen LogP contribution in [0.25, 0.3) is 11.1 Å². The van der Waals surface area contributed by atoms with E-state index < -0.39 is 11.6 Å². The minimum Gasteiger partial charge on any atom is -0.207 e. The zero-order valence-corrected chi connectivity index (χ0v) is 8.35. The zero-order valence-electron chi connectivity index (χ0n) is 7.60. The van der Waals surface area contributed by atoms with Crippen LogP contribution in [-0.2, 0) is 0 Å². The summed E-state index contributed by atoms with van der Waals surface area (Å²) in [7, 11) is 0. The van der Waals surface area contributed by atoms with E-state index in [-0.39, 0.29) is 5.56 Å². The Morgan fingerprint density at radius 2 is 1.87 bits per heavy atom. The van der Waals surface area contributed by atoms with Gasteiger partial charge in [0.15, 0.2) is 0 Å². The van der Waals surface area contributed by atoms with Gasteiger partial charge in [-0.3, -0.25) is 0 Å². The van der Waals surface area contributed by atoms with Gasteiger partial charge in [0.2, 0.25) is 0 Å². The molecule has 15 heavy (non-hydrogen) atoms. The second kappa shape index (κ2) is 3.99. The van der Waals surface area contributed by atoms with Crippen molar-refractivity contribution >= 4 is 11.6 Å². The van der Waals surface area contributed by atoms with E-state index in [1.54, 1.807) is 18.2 Å². The van der Waals surface area contributed by atoms with Crippen molar-refractivity contribution in [3.8, 4) is 11.1 Å². The molecule has 0 spiro atoms. The quantitative estimate of drug-likeness (QED) is 0.683. The van der Waals surface area contributed by atoms with E-state index in [4.69, 9.17) is 11.6 Å². The maximum atomic E-state index is 13.4. The minimum absolute atomic E-state index is 0.164. The van der Waals surface area contributed by atoms with Gasteiger partial charge in [-0.2, -0.15) is 0 Å². The van der Waals surface area contributed by atoms with Crippen molar-refractivity contribution in [2.45, 2.75) is 0 Å². The Bertz CT molecular complexity index is 495. The fraction of sp³-hybridized carbons (Fsp3) is 0. The second-order valence-corrected chi connectivity index (χ2v) is 3.48. The monoisotopic (exact) mass is 223 g/mol. The van der Waals surface area contributed by atoms with Crippen LogP contribution in [0.3, 0.4) is 0 Å². The van der Waals surface area contributed by atoms with Gasteiger partial charge in [-0.25, -0.2) is 8.78 Å². The lowest BCUT2D eigenvalue weighted by atomic mass is 10.1. The molecule has 0 heterocycles. The highest BCUT2D eigenvalue weighted by molar-refractivity contribution is 6.30. The first kappa shape index (κ1) is 10.1. The highest BCUT2D eigenvalue weighted by Gasteiger charge is 2.06. The first-order valence-corrected chi connectivity index (χ1v) is 4.67. The zero-order chi connectivity index (χ0) is 10.8. The molecule has 2 aromatic carbocycles. The Morgan fingerprint density at radius 3 is 2.60 bits per heavy atom. The third kappa shape index (κ3) is 2.16. The van der Waals surface area contributed by atoms with Crippen molar-refractivity contribution in [3.63, 3.8) is 0 Å². The number of rotatable bonds is 1. The number of hydrogen-bond acceptors (Lipinski definition) is 0. The van der Waals surface area contributed by atoms with E-state index in [1.807, 2.05) is 0 Å². The van der Waals surface area contributed by atoms with Gasteiger partial charge in [-0.1, -0.05) is 17.7 Å². The summed E-state index contributed by atoms with van der Waals surface area (Å²) in [4.78, 5) is 0. The van der Waals surface area contributed by atoms with Crippen molar-refractivity contribution in [1.29, 1.82) is 0 Å². The fourth-order valence-corrected chi connectivity index (χ4v) is 1.47. The van der Waals surface area contributed by atoms with Gasteiger partial charge in [0.25, 0.3) is 0 Å². The van der Waals surface area contributed by atoms with Gasteiger partial charge in [-0.05, 0) is 42.0 Å².